The Morgan fingerprint density at radius 3 is 2.87 bits per heavy atom. The third kappa shape index (κ3) is 3.52. The van der Waals surface area contributed by atoms with E-state index in [1.807, 2.05) is 22.2 Å². The minimum atomic E-state index is -0.602. The number of rotatable bonds is 5. The van der Waals surface area contributed by atoms with Crippen LogP contribution >= 0.6 is 22.7 Å². The van der Waals surface area contributed by atoms with Gasteiger partial charge in [-0.25, -0.2) is 9.78 Å². The highest BCUT2D eigenvalue weighted by atomic mass is 32.1. The van der Waals surface area contributed by atoms with Crippen LogP contribution in [0.5, 0.6) is 11.5 Å². The van der Waals surface area contributed by atoms with Crippen LogP contribution < -0.4 is 4.74 Å². The van der Waals surface area contributed by atoms with Gasteiger partial charge < -0.3 is 14.6 Å². The molecule has 0 atom stereocenters. The van der Waals surface area contributed by atoms with Crippen LogP contribution in [0.15, 0.2) is 40.4 Å². The largest absolute Gasteiger partial charge is 0.507 e. The molecule has 0 amide bonds. The van der Waals surface area contributed by atoms with Crippen LogP contribution in [0.4, 0.5) is 0 Å². The number of thiophene rings is 1. The van der Waals surface area contributed by atoms with E-state index in [9.17, 15) is 9.90 Å². The minimum absolute atomic E-state index is 0.0605. The maximum absolute atomic E-state index is 12.0. The summed E-state index contributed by atoms with van der Waals surface area (Å²) < 4.78 is 10.2. The second-order valence-corrected chi connectivity index (χ2v) is 6.25. The van der Waals surface area contributed by atoms with Crippen molar-refractivity contribution in [2.75, 3.05) is 7.11 Å². The molecule has 23 heavy (non-hydrogen) atoms. The van der Waals surface area contributed by atoms with Crippen molar-refractivity contribution < 1.29 is 19.4 Å². The fourth-order valence-electron chi connectivity index (χ4n) is 1.92. The average Bonchev–Trinajstić information content (AvgIpc) is 3.23. The van der Waals surface area contributed by atoms with Crippen LogP contribution in [-0.4, -0.2) is 23.2 Å². The van der Waals surface area contributed by atoms with Gasteiger partial charge in [-0.2, -0.15) is 11.3 Å². The number of esters is 1. The summed E-state index contributed by atoms with van der Waals surface area (Å²) in [5, 5.41) is 16.6. The molecule has 0 aliphatic heterocycles. The summed E-state index contributed by atoms with van der Waals surface area (Å²) in [6.45, 7) is 0.0605. The van der Waals surface area contributed by atoms with Crippen molar-refractivity contribution in [2.24, 2.45) is 0 Å². The Hall–Kier alpha value is -2.38. The predicted octanol–water partition coefficient (Wildman–Crippen LogP) is 3.94. The van der Waals surface area contributed by atoms with Gasteiger partial charge in [0.15, 0.2) is 0 Å². The molecule has 7 heteroatoms. The Morgan fingerprint density at radius 2 is 2.17 bits per heavy atom. The molecule has 0 bridgehead atoms. The molecule has 0 saturated heterocycles. The SMILES string of the molecule is COc1ccc(C(=O)OCc2csc(-c3ccsc3)n2)c(O)c1. The molecule has 3 rings (SSSR count). The lowest BCUT2D eigenvalue weighted by Crippen LogP contribution is -2.06. The van der Waals surface area contributed by atoms with Gasteiger partial charge in [-0.3, -0.25) is 0 Å². The van der Waals surface area contributed by atoms with Gasteiger partial charge in [0, 0.05) is 22.4 Å². The molecule has 118 valence electrons. The second-order valence-electron chi connectivity index (χ2n) is 4.62. The number of carbonyl (C=O) groups is 1. The smallest absolute Gasteiger partial charge is 0.342 e. The number of thiazole rings is 1. The van der Waals surface area contributed by atoms with E-state index in [2.05, 4.69) is 4.98 Å². The van der Waals surface area contributed by atoms with E-state index >= 15 is 0 Å². The standard InChI is InChI=1S/C16H13NO4S2/c1-20-12-2-3-13(14(18)6-12)16(19)21-7-11-9-23-15(17-11)10-4-5-22-8-10/h2-6,8-9,18H,7H2,1H3. The van der Waals surface area contributed by atoms with Gasteiger partial charge in [-0.05, 0) is 23.6 Å². The molecule has 0 unspecified atom stereocenters. The molecule has 0 aliphatic carbocycles. The number of phenolic OH excluding ortho intramolecular Hbond substituents is 1. The molecule has 3 aromatic rings. The zero-order chi connectivity index (χ0) is 16.2. The second kappa shape index (κ2) is 6.80. The summed E-state index contributed by atoms with van der Waals surface area (Å²) >= 11 is 3.11. The van der Waals surface area contributed by atoms with Gasteiger partial charge in [-0.1, -0.05) is 0 Å². The Bertz CT molecular complexity index is 811. The van der Waals surface area contributed by atoms with Crippen molar-refractivity contribution in [3.63, 3.8) is 0 Å². The molecule has 1 aromatic carbocycles. The van der Waals surface area contributed by atoms with Crippen molar-refractivity contribution >= 4 is 28.6 Å². The first-order valence-electron chi connectivity index (χ1n) is 6.68. The number of hydrogen-bond acceptors (Lipinski definition) is 7. The molecule has 0 saturated carbocycles. The lowest BCUT2D eigenvalue weighted by molar-refractivity contribution is 0.0465. The van der Waals surface area contributed by atoms with Crippen molar-refractivity contribution in [1.29, 1.82) is 0 Å². The first kappa shape index (κ1) is 15.5. The number of carbonyl (C=O) groups excluding carboxylic acids is 1. The molecule has 1 N–H and O–H groups in total. The van der Waals surface area contributed by atoms with E-state index in [1.54, 1.807) is 17.4 Å². The van der Waals surface area contributed by atoms with Gasteiger partial charge in [0.05, 0.1) is 12.8 Å². The van der Waals surface area contributed by atoms with E-state index in [0.29, 0.717) is 11.4 Å². The van der Waals surface area contributed by atoms with E-state index in [0.717, 1.165) is 10.6 Å². The minimum Gasteiger partial charge on any atom is -0.507 e. The molecular formula is C16H13NO4S2. The Kier molecular flexibility index (Phi) is 4.59. The van der Waals surface area contributed by atoms with Gasteiger partial charge >= 0.3 is 5.97 Å². The van der Waals surface area contributed by atoms with Crippen LogP contribution in [0, 0.1) is 0 Å². The maximum atomic E-state index is 12.0. The van der Waals surface area contributed by atoms with Crippen LogP contribution in [0.25, 0.3) is 10.6 Å². The first-order chi connectivity index (χ1) is 11.2. The predicted molar refractivity (Wildman–Crippen MR) is 89.2 cm³/mol. The number of nitrogens with zero attached hydrogens (tertiary/aromatic N) is 1. The number of aromatic nitrogens is 1. The number of methoxy groups -OCH3 is 1. The van der Waals surface area contributed by atoms with Crippen molar-refractivity contribution in [2.45, 2.75) is 6.61 Å². The highest BCUT2D eigenvalue weighted by Crippen LogP contribution is 2.27. The number of benzene rings is 1. The van der Waals surface area contributed by atoms with Crippen LogP contribution in [0.2, 0.25) is 0 Å². The first-order valence-corrected chi connectivity index (χ1v) is 8.50. The van der Waals surface area contributed by atoms with Crippen LogP contribution in [0.3, 0.4) is 0 Å². The van der Waals surface area contributed by atoms with Crippen molar-refractivity contribution in [3.05, 3.63) is 51.7 Å². The summed E-state index contributed by atoms with van der Waals surface area (Å²) in [4.78, 5) is 16.5. The topological polar surface area (TPSA) is 68.7 Å². The zero-order valence-electron chi connectivity index (χ0n) is 12.2. The van der Waals surface area contributed by atoms with Gasteiger partial charge in [0.25, 0.3) is 0 Å². The van der Waals surface area contributed by atoms with E-state index in [4.69, 9.17) is 9.47 Å². The summed E-state index contributed by atoms with van der Waals surface area (Å²) in [5.74, 6) is -0.305. The van der Waals surface area contributed by atoms with E-state index in [1.165, 1.54) is 30.6 Å². The lowest BCUT2D eigenvalue weighted by atomic mass is 10.2. The fraction of sp³-hybridized carbons (Fsp3) is 0.125. The summed E-state index contributed by atoms with van der Waals surface area (Å²) in [6, 6.07) is 6.42. The number of phenols is 1. The monoisotopic (exact) mass is 347 g/mol. The number of ether oxygens (including phenoxy) is 2. The highest BCUT2D eigenvalue weighted by molar-refractivity contribution is 7.14. The summed E-state index contributed by atoms with van der Waals surface area (Å²) in [5.41, 5.74) is 1.84. The number of hydrogen-bond donors (Lipinski definition) is 1. The van der Waals surface area contributed by atoms with E-state index < -0.39 is 5.97 Å². The van der Waals surface area contributed by atoms with Gasteiger partial charge in [0.2, 0.25) is 0 Å². The molecule has 0 fully saturated rings. The van der Waals surface area contributed by atoms with Crippen LogP contribution in [-0.2, 0) is 11.3 Å². The van der Waals surface area contributed by atoms with Crippen molar-refractivity contribution in [3.8, 4) is 22.1 Å². The molecule has 2 aromatic heterocycles. The Labute approximate surface area is 140 Å². The maximum Gasteiger partial charge on any atom is 0.342 e. The Morgan fingerprint density at radius 1 is 1.30 bits per heavy atom. The zero-order valence-corrected chi connectivity index (χ0v) is 13.8. The third-order valence-electron chi connectivity index (χ3n) is 3.10. The number of aromatic hydroxyl groups is 1. The molecule has 2 heterocycles. The fourth-order valence-corrected chi connectivity index (χ4v) is 3.44. The molecular weight excluding hydrogens is 334 g/mol. The summed E-state index contributed by atoms with van der Waals surface area (Å²) in [7, 11) is 1.49. The van der Waals surface area contributed by atoms with Gasteiger partial charge in [0.1, 0.15) is 28.7 Å². The third-order valence-corrected chi connectivity index (χ3v) is 4.72. The van der Waals surface area contributed by atoms with Crippen molar-refractivity contribution in [1.82, 2.24) is 4.98 Å². The average molecular weight is 347 g/mol. The van der Waals surface area contributed by atoms with Gasteiger partial charge in [-0.15, -0.1) is 11.3 Å². The summed E-state index contributed by atoms with van der Waals surface area (Å²) in [6.07, 6.45) is 0. The normalized spacial score (nSPS) is 10.5. The molecule has 0 spiro atoms. The quantitative estimate of drug-likeness (QED) is 0.708. The lowest BCUT2D eigenvalue weighted by Gasteiger charge is -2.06. The molecule has 0 radical (unpaired) electrons. The Balaban J connectivity index is 1.65. The van der Waals surface area contributed by atoms with E-state index in [-0.39, 0.29) is 17.9 Å². The highest BCUT2D eigenvalue weighted by Gasteiger charge is 2.14. The molecule has 5 nitrogen and oxygen atoms in total. The molecule has 0 aliphatic rings. The van der Waals surface area contributed by atoms with Crippen LogP contribution in [0.1, 0.15) is 16.1 Å².